The van der Waals surface area contributed by atoms with E-state index < -0.39 is 0 Å². The second-order valence-corrected chi connectivity index (χ2v) is 6.72. The van der Waals surface area contributed by atoms with Gasteiger partial charge in [0.1, 0.15) is 0 Å². The lowest BCUT2D eigenvalue weighted by Crippen LogP contribution is -2.36. The summed E-state index contributed by atoms with van der Waals surface area (Å²) in [6.07, 6.45) is 8.15. The quantitative estimate of drug-likeness (QED) is 0.863. The lowest BCUT2D eigenvalue weighted by Gasteiger charge is -2.35. The van der Waals surface area contributed by atoms with Crippen LogP contribution in [0.4, 0.5) is 5.69 Å². The Balaban J connectivity index is 0.00000208. The number of fused-ring (bicyclic) bond motifs is 1. The number of benzene rings is 1. The monoisotopic (exact) mass is 350 g/mol. The maximum atomic E-state index is 12.5. The van der Waals surface area contributed by atoms with E-state index in [-0.39, 0.29) is 23.7 Å². The van der Waals surface area contributed by atoms with Crippen LogP contribution in [-0.2, 0) is 11.3 Å². The number of aromatic nitrogens is 2. The molecule has 1 saturated carbocycles. The molecule has 1 aliphatic carbocycles. The highest BCUT2D eigenvalue weighted by molar-refractivity contribution is 5.93. The first-order valence-corrected chi connectivity index (χ1v) is 8.61. The van der Waals surface area contributed by atoms with Crippen LogP contribution in [0.3, 0.4) is 0 Å². The number of carbonyl (C=O) groups is 1. The number of aryl methyl sites for hydroxylation is 1. The Morgan fingerprint density at radius 1 is 1.33 bits per heavy atom. The highest BCUT2D eigenvalue weighted by Crippen LogP contribution is 2.38. The smallest absolute Gasteiger partial charge is 0.224 e. The third kappa shape index (κ3) is 3.90. The largest absolute Gasteiger partial charge is 0.330 e. The molecular weight excluding hydrogens is 324 g/mol. The summed E-state index contributed by atoms with van der Waals surface area (Å²) in [5.74, 6) is 0.0688. The molecule has 0 aliphatic heterocycles. The SMILES string of the molecule is CCn1ncc2ccc(NC(=O)CC3(CN)CCCCC3)cc21.Cl. The number of nitrogens with zero attached hydrogens (tertiary/aromatic N) is 2. The maximum Gasteiger partial charge on any atom is 0.224 e. The van der Waals surface area contributed by atoms with Crippen LogP contribution in [-0.4, -0.2) is 22.2 Å². The molecule has 0 bridgehead atoms. The normalized spacial score (nSPS) is 16.6. The van der Waals surface area contributed by atoms with Gasteiger partial charge in [-0.3, -0.25) is 9.48 Å². The fraction of sp³-hybridized carbons (Fsp3) is 0.556. The zero-order valence-corrected chi connectivity index (χ0v) is 15.1. The number of anilines is 1. The van der Waals surface area contributed by atoms with Crippen molar-refractivity contribution in [3.63, 3.8) is 0 Å². The Bertz CT molecular complexity index is 691. The molecule has 1 aliphatic rings. The summed E-state index contributed by atoms with van der Waals surface area (Å²) in [5, 5.41) is 8.48. The molecule has 3 N–H and O–H groups in total. The molecule has 0 unspecified atom stereocenters. The molecule has 0 saturated heterocycles. The van der Waals surface area contributed by atoms with E-state index >= 15 is 0 Å². The summed E-state index contributed by atoms with van der Waals surface area (Å²) < 4.78 is 1.94. The minimum Gasteiger partial charge on any atom is -0.330 e. The second kappa shape index (κ2) is 7.99. The number of hydrogen-bond acceptors (Lipinski definition) is 3. The molecule has 1 fully saturated rings. The van der Waals surface area contributed by atoms with Gasteiger partial charge in [0, 0.05) is 24.0 Å². The zero-order valence-electron chi connectivity index (χ0n) is 14.3. The van der Waals surface area contributed by atoms with Crippen LogP contribution in [0.1, 0.15) is 45.4 Å². The molecule has 0 spiro atoms. The molecule has 6 heteroatoms. The average molecular weight is 351 g/mol. The van der Waals surface area contributed by atoms with Crippen molar-refractivity contribution in [3.8, 4) is 0 Å². The summed E-state index contributed by atoms with van der Waals surface area (Å²) >= 11 is 0. The van der Waals surface area contributed by atoms with Crippen LogP contribution in [0.5, 0.6) is 0 Å². The van der Waals surface area contributed by atoms with Gasteiger partial charge in [0.25, 0.3) is 0 Å². The van der Waals surface area contributed by atoms with Crippen LogP contribution in [0.2, 0.25) is 0 Å². The Morgan fingerprint density at radius 2 is 2.08 bits per heavy atom. The van der Waals surface area contributed by atoms with Gasteiger partial charge in [-0.1, -0.05) is 19.3 Å². The van der Waals surface area contributed by atoms with E-state index in [2.05, 4.69) is 17.3 Å². The van der Waals surface area contributed by atoms with Crippen molar-refractivity contribution >= 4 is 34.9 Å². The summed E-state index contributed by atoms with van der Waals surface area (Å²) in [4.78, 5) is 12.5. The molecule has 1 aromatic carbocycles. The predicted octanol–water partition coefficient (Wildman–Crippen LogP) is 3.72. The van der Waals surface area contributed by atoms with Gasteiger partial charge in [-0.2, -0.15) is 5.10 Å². The van der Waals surface area contributed by atoms with Gasteiger partial charge in [0.05, 0.1) is 11.7 Å². The number of amides is 1. The molecule has 24 heavy (non-hydrogen) atoms. The molecule has 0 radical (unpaired) electrons. The minimum absolute atomic E-state index is 0. The van der Waals surface area contributed by atoms with Gasteiger partial charge in [-0.25, -0.2) is 0 Å². The van der Waals surface area contributed by atoms with E-state index in [0.717, 1.165) is 36.0 Å². The lowest BCUT2D eigenvalue weighted by molar-refractivity contribution is -0.118. The molecule has 1 heterocycles. The maximum absolute atomic E-state index is 12.5. The van der Waals surface area contributed by atoms with Crippen molar-refractivity contribution in [1.82, 2.24) is 9.78 Å². The van der Waals surface area contributed by atoms with Crippen LogP contribution < -0.4 is 11.1 Å². The summed E-state index contributed by atoms with van der Waals surface area (Å²) in [7, 11) is 0. The van der Waals surface area contributed by atoms with Crippen LogP contribution in [0.25, 0.3) is 10.9 Å². The number of hydrogen-bond donors (Lipinski definition) is 2. The molecule has 132 valence electrons. The minimum atomic E-state index is -0.00236. The van der Waals surface area contributed by atoms with Gasteiger partial charge < -0.3 is 11.1 Å². The Kier molecular flexibility index (Phi) is 6.24. The molecule has 0 atom stereocenters. The molecule has 1 amide bonds. The van der Waals surface area contributed by atoms with E-state index in [1.54, 1.807) is 0 Å². The van der Waals surface area contributed by atoms with Crippen LogP contribution in [0, 0.1) is 5.41 Å². The summed E-state index contributed by atoms with van der Waals surface area (Å²) in [6.45, 7) is 3.48. The summed E-state index contributed by atoms with van der Waals surface area (Å²) in [6, 6.07) is 5.95. The number of carbonyl (C=O) groups excluding carboxylic acids is 1. The van der Waals surface area contributed by atoms with E-state index in [0.29, 0.717) is 13.0 Å². The Hall–Kier alpha value is -1.59. The Morgan fingerprint density at radius 3 is 2.75 bits per heavy atom. The highest BCUT2D eigenvalue weighted by atomic mass is 35.5. The lowest BCUT2D eigenvalue weighted by atomic mass is 9.71. The first-order chi connectivity index (χ1) is 11.2. The second-order valence-electron chi connectivity index (χ2n) is 6.72. The first kappa shape index (κ1) is 18.7. The van der Waals surface area contributed by atoms with Gasteiger partial charge >= 0.3 is 0 Å². The molecular formula is C18H27ClN4O. The van der Waals surface area contributed by atoms with E-state index in [9.17, 15) is 4.79 Å². The zero-order chi connectivity index (χ0) is 16.3. The van der Waals surface area contributed by atoms with Crippen molar-refractivity contribution in [2.24, 2.45) is 11.1 Å². The Labute approximate surface area is 149 Å². The molecule has 5 nitrogen and oxygen atoms in total. The fourth-order valence-corrected chi connectivity index (χ4v) is 3.70. The standard InChI is InChI=1S/C18H26N4O.ClH/c1-2-22-16-10-15(7-6-14(16)12-20-22)21-17(23)11-18(13-19)8-4-3-5-9-18;/h6-7,10,12H,2-5,8-9,11,13,19H2,1H3,(H,21,23);1H. The molecule has 3 rings (SSSR count). The van der Waals surface area contributed by atoms with E-state index in [1.165, 1.54) is 19.3 Å². The molecule has 1 aromatic heterocycles. The van der Waals surface area contributed by atoms with Crippen molar-refractivity contribution < 1.29 is 4.79 Å². The van der Waals surface area contributed by atoms with Gasteiger partial charge in [-0.05, 0) is 49.9 Å². The fourth-order valence-electron chi connectivity index (χ4n) is 3.70. The summed E-state index contributed by atoms with van der Waals surface area (Å²) in [5.41, 5.74) is 7.87. The van der Waals surface area contributed by atoms with Crippen molar-refractivity contribution in [3.05, 3.63) is 24.4 Å². The van der Waals surface area contributed by atoms with E-state index in [4.69, 9.17) is 5.73 Å². The third-order valence-corrected chi connectivity index (χ3v) is 5.11. The number of nitrogens with one attached hydrogen (secondary N) is 1. The van der Waals surface area contributed by atoms with Gasteiger partial charge in [-0.15, -0.1) is 12.4 Å². The topological polar surface area (TPSA) is 72.9 Å². The van der Waals surface area contributed by atoms with Crippen LogP contribution in [0.15, 0.2) is 24.4 Å². The number of halogens is 1. The number of nitrogens with two attached hydrogens (primary N) is 1. The third-order valence-electron chi connectivity index (χ3n) is 5.11. The van der Waals surface area contributed by atoms with Gasteiger partial charge in [0.15, 0.2) is 0 Å². The van der Waals surface area contributed by atoms with Crippen molar-refractivity contribution in [2.45, 2.75) is 52.0 Å². The average Bonchev–Trinajstić information content (AvgIpc) is 2.98. The van der Waals surface area contributed by atoms with E-state index in [1.807, 2.05) is 29.1 Å². The van der Waals surface area contributed by atoms with Crippen molar-refractivity contribution in [2.75, 3.05) is 11.9 Å². The highest BCUT2D eigenvalue weighted by Gasteiger charge is 2.32. The first-order valence-electron chi connectivity index (χ1n) is 8.61. The van der Waals surface area contributed by atoms with Crippen LogP contribution >= 0.6 is 12.4 Å². The predicted molar refractivity (Wildman–Crippen MR) is 100 cm³/mol. The molecule has 2 aromatic rings. The number of rotatable bonds is 5. The van der Waals surface area contributed by atoms with Crippen molar-refractivity contribution in [1.29, 1.82) is 0 Å². The van der Waals surface area contributed by atoms with Gasteiger partial charge in [0.2, 0.25) is 5.91 Å².